The first-order valence-corrected chi connectivity index (χ1v) is 6.53. The quantitative estimate of drug-likeness (QED) is 0.666. The fraction of sp³-hybridized carbons (Fsp3) is 0.133. The largest absolute Gasteiger partial charge is 0.380 e. The van der Waals surface area contributed by atoms with Crippen molar-refractivity contribution in [3.63, 3.8) is 0 Å². The molecule has 1 amide bonds. The number of carbonyl (C=O) groups is 1. The summed E-state index contributed by atoms with van der Waals surface area (Å²) < 4.78 is 0. The number of benzene rings is 2. The highest BCUT2D eigenvalue weighted by Gasteiger charge is 2.22. The maximum atomic E-state index is 11.8. The highest BCUT2D eigenvalue weighted by molar-refractivity contribution is 6.03. The Labute approximate surface area is 120 Å². The van der Waals surface area contributed by atoms with Crippen LogP contribution in [0.4, 0.5) is 11.4 Å². The third-order valence-electron chi connectivity index (χ3n) is 3.47. The number of carbonyl (C=O) groups excluding carboxylic acids is 1. The van der Waals surface area contributed by atoms with Gasteiger partial charge < -0.3 is 10.6 Å². The Morgan fingerprint density at radius 2 is 2.00 bits per heavy atom. The second-order valence-electron chi connectivity index (χ2n) is 4.76. The molecular formula is C15H13N3O3. The van der Waals surface area contributed by atoms with Crippen LogP contribution in [-0.2, 0) is 13.1 Å². The molecule has 3 rings (SSSR count). The molecular weight excluding hydrogens is 270 g/mol. The van der Waals surface area contributed by atoms with E-state index in [0.717, 1.165) is 5.56 Å². The molecule has 1 aliphatic heterocycles. The minimum Gasteiger partial charge on any atom is -0.380 e. The van der Waals surface area contributed by atoms with E-state index in [-0.39, 0.29) is 11.6 Å². The molecule has 0 radical (unpaired) electrons. The van der Waals surface area contributed by atoms with E-state index in [9.17, 15) is 14.9 Å². The van der Waals surface area contributed by atoms with E-state index in [0.29, 0.717) is 29.9 Å². The van der Waals surface area contributed by atoms with Crippen molar-refractivity contribution in [1.82, 2.24) is 5.32 Å². The van der Waals surface area contributed by atoms with Crippen molar-refractivity contribution in [2.24, 2.45) is 0 Å². The summed E-state index contributed by atoms with van der Waals surface area (Å²) in [5.74, 6) is -0.115. The number of amides is 1. The van der Waals surface area contributed by atoms with Gasteiger partial charge in [-0.25, -0.2) is 0 Å². The predicted octanol–water partition coefficient (Wildman–Crippen LogP) is 2.45. The fourth-order valence-electron chi connectivity index (χ4n) is 2.46. The zero-order valence-electron chi connectivity index (χ0n) is 11.1. The molecule has 0 saturated carbocycles. The lowest BCUT2D eigenvalue weighted by molar-refractivity contribution is -0.385. The van der Waals surface area contributed by atoms with E-state index in [4.69, 9.17) is 0 Å². The molecule has 0 aliphatic carbocycles. The molecule has 1 heterocycles. The molecule has 0 saturated heterocycles. The van der Waals surface area contributed by atoms with Crippen LogP contribution < -0.4 is 10.6 Å². The van der Waals surface area contributed by atoms with E-state index >= 15 is 0 Å². The second kappa shape index (κ2) is 5.24. The Morgan fingerprint density at radius 3 is 2.81 bits per heavy atom. The smallest absolute Gasteiger partial charge is 0.274 e. The topological polar surface area (TPSA) is 84.3 Å². The molecule has 0 spiro atoms. The van der Waals surface area contributed by atoms with Crippen LogP contribution in [0.5, 0.6) is 0 Å². The molecule has 106 valence electrons. The third kappa shape index (κ3) is 2.43. The normalized spacial score (nSPS) is 12.7. The van der Waals surface area contributed by atoms with Gasteiger partial charge in [0.25, 0.3) is 11.6 Å². The van der Waals surface area contributed by atoms with Gasteiger partial charge in [0.1, 0.15) is 0 Å². The Morgan fingerprint density at radius 1 is 1.19 bits per heavy atom. The average Bonchev–Trinajstić information content (AvgIpc) is 2.87. The number of nitrogens with one attached hydrogen (secondary N) is 2. The van der Waals surface area contributed by atoms with Crippen LogP contribution in [0.3, 0.4) is 0 Å². The zero-order chi connectivity index (χ0) is 14.8. The van der Waals surface area contributed by atoms with Crippen LogP contribution in [0.15, 0.2) is 42.5 Å². The minimum atomic E-state index is -0.404. The summed E-state index contributed by atoms with van der Waals surface area (Å²) in [6.45, 7) is 0.816. The van der Waals surface area contributed by atoms with Gasteiger partial charge in [0.05, 0.1) is 10.5 Å². The summed E-state index contributed by atoms with van der Waals surface area (Å²) in [5, 5.41) is 16.9. The first kappa shape index (κ1) is 13.1. The molecule has 1 aliphatic rings. The predicted molar refractivity (Wildman–Crippen MR) is 78.0 cm³/mol. The number of hydrogen-bond donors (Lipinski definition) is 2. The van der Waals surface area contributed by atoms with Crippen LogP contribution in [0.25, 0.3) is 0 Å². The van der Waals surface area contributed by atoms with Crippen molar-refractivity contribution in [3.05, 3.63) is 69.3 Å². The number of nitrogens with zero attached hydrogens (tertiary/aromatic N) is 1. The molecule has 2 N–H and O–H groups in total. The molecule has 2 aromatic rings. The minimum absolute atomic E-state index is 0.0713. The van der Waals surface area contributed by atoms with Crippen LogP contribution in [-0.4, -0.2) is 10.8 Å². The number of anilines is 1. The summed E-state index contributed by atoms with van der Waals surface area (Å²) >= 11 is 0. The van der Waals surface area contributed by atoms with Gasteiger partial charge in [0.2, 0.25) is 0 Å². The van der Waals surface area contributed by atoms with Crippen molar-refractivity contribution < 1.29 is 9.72 Å². The lowest BCUT2D eigenvalue weighted by Crippen LogP contribution is -2.14. The average molecular weight is 283 g/mol. The van der Waals surface area contributed by atoms with Crippen LogP contribution >= 0.6 is 0 Å². The Balaban J connectivity index is 1.86. The molecule has 0 unspecified atom stereocenters. The van der Waals surface area contributed by atoms with Crippen molar-refractivity contribution in [3.8, 4) is 0 Å². The van der Waals surface area contributed by atoms with E-state index in [2.05, 4.69) is 10.6 Å². The number of fused-ring (bicyclic) bond motifs is 1. The van der Waals surface area contributed by atoms with Gasteiger partial charge in [0, 0.05) is 30.4 Å². The van der Waals surface area contributed by atoms with Gasteiger partial charge in [-0.3, -0.25) is 14.9 Å². The van der Waals surface area contributed by atoms with Gasteiger partial charge in [-0.05, 0) is 11.6 Å². The zero-order valence-corrected chi connectivity index (χ0v) is 11.1. The van der Waals surface area contributed by atoms with E-state index < -0.39 is 4.92 Å². The van der Waals surface area contributed by atoms with Gasteiger partial charge in [-0.2, -0.15) is 0 Å². The number of para-hydroxylation sites is 1. The number of rotatable bonds is 4. The molecule has 0 bridgehead atoms. The molecule has 0 aromatic heterocycles. The van der Waals surface area contributed by atoms with Gasteiger partial charge in [-0.15, -0.1) is 0 Å². The van der Waals surface area contributed by atoms with E-state index in [1.165, 1.54) is 6.07 Å². The molecule has 6 heteroatoms. The number of hydrogen-bond acceptors (Lipinski definition) is 4. The highest BCUT2D eigenvalue weighted by atomic mass is 16.6. The summed E-state index contributed by atoms with van der Waals surface area (Å²) in [7, 11) is 0. The van der Waals surface area contributed by atoms with E-state index in [1.807, 2.05) is 12.1 Å². The molecule has 2 aromatic carbocycles. The van der Waals surface area contributed by atoms with Crippen LogP contribution in [0, 0.1) is 10.1 Å². The molecule has 0 fully saturated rings. The van der Waals surface area contributed by atoms with Crippen LogP contribution in [0.2, 0.25) is 0 Å². The van der Waals surface area contributed by atoms with Crippen molar-refractivity contribution in [1.29, 1.82) is 0 Å². The first-order chi connectivity index (χ1) is 10.2. The lowest BCUT2D eigenvalue weighted by Gasteiger charge is -2.10. The lowest BCUT2D eigenvalue weighted by atomic mass is 10.1. The molecule has 0 atom stereocenters. The standard InChI is InChI=1S/C15H13N3O3/c19-15-14-11(9-17-15)5-3-6-12(14)16-8-10-4-1-2-7-13(10)18(20)21/h1-7,16H,8-9H2,(H,17,19). The van der Waals surface area contributed by atoms with Crippen molar-refractivity contribution >= 4 is 17.3 Å². The summed E-state index contributed by atoms with van der Waals surface area (Å²) in [6, 6.07) is 12.1. The molecule has 6 nitrogen and oxygen atoms in total. The summed E-state index contributed by atoms with van der Waals surface area (Å²) in [6.07, 6.45) is 0. The Kier molecular flexibility index (Phi) is 3.27. The number of nitro groups is 1. The Hall–Kier alpha value is -2.89. The number of nitro benzene ring substituents is 1. The van der Waals surface area contributed by atoms with Gasteiger partial charge >= 0.3 is 0 Å². The molecule has 21 heavy (non-hydrogen) atoms. The maximum absolute atomic E-state index is 11.8. The van der Waals surface area contributed by atoms with Gasteiger partial charge in [0.15, 0.2) is 0 Å². The monoisotopic (exact) mass is 283 g/mol. The van der Waals surface area contributed by atoms with Crippen molar-refractivity contribution in [2.45, 2.75) is 13.1 Å². The maximum Gasteiger partial charge on any atom is 0.274 e. The van der Waals surface area contributed by atoms with Crippen molar-refractivity contribution in [2.75, 3.05) is 5.32 Å². The van der Waals surface area contributed by atoms with Gasteiger partial charge in [-0.1, -0.05) is 30.3 Å². The second-order valence-corrected chi connectivity index (χ2v) is 4.76. The fourth-order valence-corrected chi connectivity index (χ4v) is 2.46. The third-order valence-corrected chi connectivity index (χ3v) is 3.47. The SMILES string of the molecule is O=C1NCc2cccc(NCc3ccccc3[N+](=O)[O-])c21. The van der Waals surface area contributed by atoms with E-state index in [1.54, 1.807) is 24.3 Å². The highest BCUT2D eigenvalue weighted by Crippen LogP contribution is 2.26. The first-order valence-electron chi connectivity index (χ1n) is 6.53. The Bertz CT molecular complexity index is 728. The summed E-state index contributed by atoms with van der Waals surface area (Å²) in [5.41, 5.74) is 2.91. The summed E-state index contributed by atoms with van der Waals surface area (Å²) in [4.78, 5) is 22.4. The van der Waals surface area contributed by atoms with Crippen LogP contribution in [0.1, 0.15) is 21.5 Å².